The summed E-state index contributed by atoms with van der Waals surface area (Å²) in [5, 5.41) is 0. The topological polar surface area (TPSA) is 12.9 Å². The van der Waals surface area contributed by atoms with Gasteiger partial charge in [0.1, 0.15) is 4.88 Å². The average Bonchev–Trinajstić information content (AvgIpc) is 2.78. The van der Waals surface area contributed by atoms with Crippen molar-refractivity contribution in [3.63, 3.8) is 0 Å². The van der Waals surface area contributed by atoms with Crippen LogP contribution in [0.1, 0.15) is 17.4 Å². The molecule has 5 heteroatoms. The highest BCUT2D eigenvalue weighted by atomic mass is 32.1. The zero-order chi connectivity index (χ0) is 12.5. The summed E-state index contributed by atoms with van der Waals surface area (Å²) in [5.41, 5.74) is 2.05. The van der Waals surface area contributed by atoms with E-state index >= 15 is 0 Å². The maximum atomic E-state index is 12.4. The van der Waals surface area contributed by atoms with E-state index in [1.54, 1.807) is 12.1 Å². The molecule has 0 saturated heterocycles. The first-order valence-corrected chi connectivity index (χ1v) is 5.83. The first-order chi connectivity index (χ1) is 8.00. The third kappa shape index (κ3) is 2.66. The molecule has 1 radical (unpaired) electrons. The lowest BCUT2D eigenvalue weighted by Crippen LogP contribution is -2.00. The number of aryl methyl sites for hydroxylation is 1. The second kappa shape index (κ2) is 4.49. The lowest BCUT2D eigenvalue weighted by molar-refractivity contribution is -0.134. The average molecular weight is 256 g/mol. The largest absolute Gasteiger partial charge is 0.427 e. The van der Waals surface area contributed by atoms with Crippen molar-refractivity contribution >= 4 is 11.5 Å². The molecule has 2 aromatic rings. The highest BCUT2D eigenvalue weighted by molar-refractivity contribution is 7.06. The third-order valence-electron chi connectivity index (χ3n) is 2.35. The maximum Gasteiger partial charge on any atom is 0.427 e. The van der Waals surface area contributed by atoms with Gasteiger partial charge in [-0.05, 0) is 23.5 Å². The van der Waals surface area contributed by atoms with Gasteiger partial charge < -0.3 is 0 Å². The molecule has 0 amide bonds. The van der Waals surface area contributed by atoms with Crippen LogP contribution in [-0.2, 0) is 12.6 Å². The Labute approximate surface area is 101 Å². The van der Waals surface area contributed by atoms with Crippen LogP contribution in [0.2, 0.25) is 0 Å². The van der Waals surface area contributed by atoms with Crippen LogP contribution in [0.4, 0.5) is 13.2 Å². The third-order valence-corrected chi connectivity index (χ3v) is 3.14. The van der Waals surface area contributed by atoms with Crippen LogP contribution in [0, 0.1) is 6.07 Å². The predicted octanol–water partition coefficient (Wildman–Crippen LogP) is 4.19. The van der Waals surface area contributed by atoms with E-state index in [0.29, 0.717) is 17.1 Å². The highest BCUT2D eigenvalue weighted by Crippen LogP contribution is 2.34. The van der Waals surface area contributed by atoms with Crippen molar-refractivity contribution in [3.05, 3.63) is 40.8 Å². The van der Waals surface area contributed by atoms with Gasteiger partial charge in [0.2, 0.25) is 0 Å². The van der Waals surface area contributed by atoms with Gasteiger partial charge in [0.05, 0.1) is 5.69 Å². The maximum absolute atomic E-state index is 12.4. The molecule has 0 unspecified atom stereocenters. The van der Waals surface area contributed by atoms with Gasteiger partial charge in [-0.3, -0.25) is 0 Å². The Morgan fingerprint density at radius 1 is 1.24 bits per heavy atom. The van der Waals surface area contributed by atoms with Gasteiger partial charge in [0.15, 0.2) is 0 Å². The molecule has 0 atom stereocenters. The molecular formula is C12H9F3NS. The van der Waals surface area contributed by atoms with Crippen molar-refractivity contribution in [1.82, 2.24) is 4.37 Å². The van der Waals surface area contributed by atoms with E-state index in [4.69, 9.17) is 0 Å². The van der Waals surface area contributed by atoms with E-state index in [0.717, 1.165) is 12.0 Å². The molecule has 89 valence electrons. The van der Waals surface area contributed by atoms with Gasteiger partial charge >= 0.3 is 6.18 Å². The van der Waals surface area contributed by atoms with Gasteiger partial charge in [-0.15, -0.1) is 0 Å². The second-order valence-electron chi connectivity index (χ2n) is 3.53. The lowest BCUT2D eigenvalue weighted by Gasteiger charge is -2.00. The van der Waals surface area contributed by atoms with Gasteiger partial charge in [0, 0.05) is 11.6 Å². The lowest BCUT2D eigenvalue weighted by atomic mass is 10.1. The summed E-state index contributed by atoms with van der Waals surface area (Å²) >= 11 is 0.431. The summed E-state index contributed by atoms with van der Waals surface area (Å²) in [5.74, 6) is 0. The summed E-state index contributed by atoms with van der Waals surface area (Å²) in [7, 11) is 0. The molecule has 0 fully saturated rings. The van der Waals surface area contributed by atoms with E-state index in [9.17, 15) is 13.2 Å². The number of halogens is 3. The van der Waals surface area contributed by atoms with Crippen LogP contribution < -0.4 is 0 Å². The monoisotopic (exact) mass is 256 g/mol. The molecule has 17 heavy (non-hydrogen) atoms. The highest BCUT2D eigenvalue weighted by Gasteiger charge is 2.33. The first-order valence-electron chi connectivity index (χ1n) is 5.06. The number of hydrogen-bond donors (Lipinski definition) is 0. The molecule has 1 aromatic carbocycles. The molecule has 0 bridgehead atoms. The van der Waals surface area contributed by atoms with E-state index in [1.807, 2.05) is 19.1 Å². The van der Waals surface area contributed by atoms with Crippen molar-refractivity contribution in [2.45, 2.75) is 19.5 Å². The molecule has 0 aliphatic rings. The van der Waals surface area contributed by atoms with Crippen LogP contribution in [-0.4, -0.2) is 4.37 Å². The van der Waals surface area contributed by atoms with Crippen LogP contribution in [0.3, 0.4) is 0 Å². The molecule has 0 aliphatic carbocycles. The fourth-order valence-corrected chi connectivity index (χ4v) is 1.97. The summed E-state index contributed by atoms with van der Waals surface area (Å²) in [4.78, 5) is -0.785. The van der Waals surface area contributed by atoms with Crippen molar-refractivity contribution < 1.29 is 13.2 Å². The molecule has 1 aromatic heterocycles. The Kier molecular flexibility index (Phi) is 3.19. The molecule has 0 aliphatic heterocycles. The number of benzene rings is 1. The number of hydrogen-bond acceptors (Lipinski definition) is 2. The van der Waals surface area contributed by atoms with Gasteiger partial charge in [-0.1, -0.05) is 31.2 Å². The fraction of sp³-hybridized carbons (Fsp3) is 0.250. The minimum atomic E-state index is -4.36. The van der Waals surface area contributed by atoms with E-state index in [1.165, 1.54) is 0 Å². The van der Waals surface area contributed by atoms with Crippen LogP contribution >= 0.6 is 11.5 Å². The molecule has 0 saturated carbocycles. The molecule has 0 spiro atoms. The number of nitrogens with zero attached hydrogens (tertiary/aromatic N) is 1. The Balaban J connectivity index is 2.30. The molecular weight excluding hydrogens is 247 g/mol. The summed E-state index contributed by atoms with van der Waals surface area (Å²) in [6.45, 7) is 2.02. The van der Waals surface area contributed by atoms with Crippen LogP contribution in [0.15, 0.2) is 24.3 Å². The Morgan fingerprint density at radius 2 is 1.88 bits per heavy atom. The minimum Gasteiger partial charge on any atom is -0.191 e. The quantitative estimate of drug-likeness (QED) is 0.785. The van der Waals surface area contributed by atoms with Crippen molar-refractivity contribution in [1.29, 1.82) is 0 Å². The van der Waals surface area contributed by atoms with Gasteiger partial charge in [-0.2, -0.15) is 17.5 Å². The van der Waals surface area contributed by atoms with Crippen molar-refractivity contribution in [3.8, 4) is 11.3 Å². The standard InChI is InChI=1S/C12H9F3NS/c1-2-8-3-5-9(6-4-8)10-7-11(17-16-10)12(13,14)15/h3-6H,2H2,1H3. The normalized spacial score (nSPS) is 11.8. The SMILES string of the molecule is CCc1ccc(-c2[c]c(C(F)(F)F)sn2)cc1. The van der Waals surface area contributed by atoms with E-state index < -0.39 is 11.1 Å². The Hall–Kier alpha value is -1.36. The summed E-state index contributed by atoms with van der Waals surface area (Å²) in [6, 6.07) is 9.60. The molecule has 2 rings (SSSR count). The smallest absolute Gasteiger partial charge is 0.191 e. The summed E-state index contributed by atoms with van der Waals surface area (Å²) in [6.07, 6.45) is -3.46. The van der Waals surface area contributed by atoms with E-state index in [-0.39, 0.29) is 5.69 Å². The van der Waals surface area contributed by atoms with Crippen LogP contribution in [0.5, 0.6) is 0 Å². The number of aromatic nitrogens is 1. The van der Waals surface area contributed by atoms with Gasteiger partial charge in [0.25, 0.3) is 0 Å². The first kappa shape index (κ1) is 12.1. The molecule has 1 heterocycles. The number of alkyl halides is 3. The Bertz CT molecular complexity index is 499. The van der Waals surface area contributed by atoms with E-state index in [2.05, 4.69) is 10.4 Å². The summed E-state index contributed by atoms with van der Waals surface area (Å²) < 4.78 is 40.9. The number of rotatable bonds is 2. The molecule has 1 nitrogen and oxygen atoms in total. The Morgan fingerprint density at radius 3 is 2.35 bits per heavy atom. The fourth-order valence-electron chi connectivity index (χ4n) is 1.39. The van der Waals surface area contributed by atoms with Gasteiger partial charge in [-0.25, -0.2) is 0 Å². The zero-order valence-corrected chi connectivity index (χ0v) is 9.82. The zero-order valence-electron chi connectivity index (χ0n) is 9.01. The molecule has 0 N–H and O–H groups in total. The van der Waals surface area contributed by atoms with Crippen molar-refractivity contribution in [2.75, 3.05) is 0 Å². The predicted molar refractivity (Wildman–Crippen MR) is 60.8 cm³/mol. The van der Waals surface area contributed by atoms with Crippen LogP contribution in [0.25, 0.3) is 11.3 Å². The minimum absolute atomic E-state index is 0.255. The second-order valence-corrected chi connectivity index (χ2v) is 4.31. The van der Waals surface area contributed by atoms with Crippen molar-refractivity contribution in [2.24, 2.45) is 0 Å².